The van der Waals surface area contributed by atoms with Gasteiger partial charge < -0.3 is 23.8 Å². The number of anilines is 1. The number of aromatic nitrogens is 1. The lowest BCUT2D eigenvalue weighted by Crippen LogP contribution is -2.39. The second-order valence-electron chi connectivity index (χ2n) is 8.22. The second kappa shape index (κ2) is 10.7. The van der Waals surface area contributed by atoms with Gasteiger partial charge in [-0.1, -0.05) is 0 Å². The molecule has 1 saturated heterocycles. The van der Waals surface area contributed by atoms with E-state index in [-0.39, 0.29) is 4.90 Å². The standard InChI is InChI=1S/C25H30N2O6S2/c1-30-19-5-7-22(32-3)17(14-19)13-18-16-34-25(26-18)27-11-9-21(10-12-27)35(28,29)24-8-6-20(31-2)15-23(24)33-4/h5-8,14-16,21H,9-13H2,1-4H3. The summed E-state index contributed by atoms with van der Waals surface area (Å²) in [4.78, 5) is 7.19. The van der Waals surface area contributed by atoms with Crippen molar-refractivity contribution >= 4 is 26.3 Å². The van der Waals surface area contributed by atoms with E-state index < -0.39 is 15.1 Å². The van der Waals surface area contributed by atoms with Crippen LogP contribution in [0.25, 0.3) is 0 Å². The van der Waals surface area contributed by atoms with Crippen LogP contribution in [0.5, 0.6) is 23.0 Å². The van der Waals surface area contributed by atoms with Gasteiger partial charge in [-0.05, 0) is 43.2 Å². The predicted molar refractivity (Wildman–Crippen MR) is 136 cm³/mol. The second-order valence-corrected chi connectivity index (χ2v) is 11.3. The van der Waals surface area contributed by atoms with Gasteiger partial charge in [-0.15, -0.1) is 11.3 Å². The zero-order chi connectivity index (χ0) is 25.0. The molecule has 1 fully saturated rings. The van der Waals surface area contributed by atoms with Gasteiger partial charge in [-0.25, -0.2) is 13.4 Å². The number of ether oxygens (including phenoxy) is 4. The van der Waals surface area contributed by atoms with E-state index in [9.17, 15) is 8.42 Å². The van der Waals surface area contributed by atoms with Crippen molar-refractivity contribution in [2.45, 2.75) is 29.4 Å². The lowest BCUT2D eigenvalue weighted by Gasteiger charge is -2.31. The Labute approximate surface area is 210 Å². The molecule has 188 valence electrons. The Morgan fingerprint density at radius 1 is 0.914 bits per heavy atom. The SMILES string of the molecule is COc1ccc(OC)c(Cc2csc(N3CCC(S(=O)(=O)c4ccc(OC)cc4OC)CC3)n2)c1. The van der Waals surface area contributed by atoms with Gasteiger partial charge in [0.1, 0.15) is 27.9 Å². The highest BCUT2D eigenvalue weighted by molar-refractivity contribution is 7.92. The third-order valence-corrected chi connectivity index (χ3v) is 9.48. The Hall–Kier alpha value is -2.98. The zero-order valence-electron chi connectivity index (χ0n) is 20.3. The lowest BCUT2D eigenvalue weighted by atomic mass is 10.1. The van der Waals surface area contributed by atoms with E-state index in [4.69, 9.17) is 23.9 Å². The fraction of sp³-hybridized carbons (Fsp3) is 0.400. The molecule has 2 heterocycles. The molecule has 1 aromatic heterocycles. The minimum Gasteiger partial charge on any atom is -0.497 e. The summed E-state index contributed by atoms with van der Waals surface area (Å²) in [6, 6.07) is 10.6. The first-order chi connectivity index (χ1) is 16.9. The van der Waals surface area contributed by atoms with Crippen molar-refractivity contribution in [3.8, 4) is 23.0 Å². The number of thiazole rings is 1. The maximum Gasteiger partial charge on any atom is 0.185 e. The number of hydrogen-bond acceptors (Lipinski definition) is 9. The minimum atomic E-state index is -3.54. The molecule has 2 aromatic carbocycles. The van der Waals surface area contributed by atoms with Crippen molar-refractivity contribution in [2.24, 2.45) is 0 Å². The van der Waals surface area contributed by atoms with Crippen LogP contribution in [0.3, 0.4) is 0 Å². The molecule has 0 atom stereocenters. The van der Waals surface area contributed by atoms with Crippen LogP contribution >= 0.6 is 11.3 Å². The molecule has 0 saturated carbocycles. The molecule has 0 spiro atoms. The Morgan fingerprint density at radius 2 is 1.57 bits per heavy atom. The molecule has 10 heteroatoms. The number of sulfone groups is 1. The summed E-state index contributed by atoms with van der Waals surface area (Å²) in [5.74, 6) is 2.43. The molecule has 0 bridgehead atoms. The van der Waals surface area contributed by atoms with Gasteiger partial charge in [0, 0.05) is 36.5 Å². The molecular weight excluding hydrogens is 488 g/mol. The van der Waals surface area contributed by atoms with Gasteiger partial charge in [0.25, 0.3) is 0 Å². The maximum absolute atomic E-state index is 13.4. The lowest BCUT2D eigenvalue weighted by molar-refractivity contribution is 0.385. The summed E-state index contributed by atoms with van der Waals surface area (Å²) in [7, 11) is 2.76. The molecule has 0 unspecified atom stereocenters. The van der Waals surface area contributed by atoms with Gasteiger partial charge in [0.15, 0.2) is 15.0 Å². The number of hydrogen-bond donors (Lipinski definition) is 0. The average Bonchev–Trinajstić information content (AvgIpc) is 3.36. The van der Waals surface area contributed by atoms with Gasteiger partial charge in [0.05, 0.1) is 39.4 Å². The summed E-state index contributed by atoms with van der Waals surface area (Å²) in [5.41, 5.74) is 1.94. The summed E-state index contributed by atoms with van der Waals surface area (Å²) in [5, 5.41) is 2.47. The molecule has 0 aliphatic carbocycles. The molecule has 0 N–H and O–H groups in total. The molecule has 0 radical (unpaired) electrons. The first-order valence-corrected chi connectivity index (χ1v) is 13.7. The highest BCUT2D eigenvalue weighted by Crippen LogP contribution is 2.35. The van der Waals surface area contributed by atoms with E-state index in [1.54, 1.807) is 43.8 Å². The van der Waals surface area contributed by atoms with E-state index in [1.165, 1.54) is 14.2 Å². The largest absolute Gasteiger partial charge is 0.497 e. The van der Waals surface area contributed by atoms with Crippen LogP contribution in [0.1, 0.15) is 24.1 Å². The van der Waals surface area contributed by atoms with Gasteiger partial charge in [-0.3, -0.25) is 0 Å². The Balaban J connectivity index is 1.44. The summed E-state index contributed by atoms with van der Waals surface area (Å²) in [6.45, 7) is 1.25. The quantitative estimate of drug-likeness (QED) is 0.416. The van der Waals surface area contributed by atoms with E-state index in [2.05, 4.69) is 4.90 Å². The molecule has 3 aromatic rings. The molecule has 4 rings (SSSR count). The molecule has 1 aliphatic heterocycles. The number of nitrogens with zero attached hydrogens (tertiary/aromatic N) is 2. The minimum absolute atomic E-state index is 0.211. The van der Waals surface area contributed by atoms with Crippen LogP contribution in [0.15, 0.2) is 46.7 Å². The van der Waals surface area contributed by atoms with Crippen molar-refractivity contribution in [3.05, 3.63) is 53.0 Å². The van der Waals surface area contributed by atoms with Gasteiger partial charge >= 0.3 is 0 Å². The predicted octanol–water partition coefficient (Wildman–Crippen LogP) is 4.21. The Kier molecular flexibility index (Phi) is 7.71. The fourth-order valence-corrected chi connectivity index (χ4v) is 7.03. The Bertz CT molecular complexity index is 1270. The van der Waals surface area contributed by atoms with Crippen molar-refractivity contribution < 1.29 is 27.4 Å². The third kappa shape index (κ3) is 5.33. The van der Waals surface area contributed by atoms with Crippen LogP contribution in [0.4, 0.5) is 5.13 Å². The molecule has 35 heavy (non-hydrogen) atoms. The first kappa shape index (κ1) is 25.1. The third-order valence-electron chi connectivity index (χ3n) is 6.23. The highest BCUT2D eigenvalue weighted by Gasteiger charge is 2.34. The number of methoxy groups -OCH3 is 4. The normalized spacial score (nSPS) is 14.6. The van der Waals surface area contributed by atoms with E-state index in [1.807, 2.05) is 23.6 Å². The fourth-order valence-electron chi connectivity index (χ4n) is 4.28. The van der Waals surface area contributed by atoms with Crippen LogP contribution in [-0.4, -0.2) is 60.2 Å². The summed E-state index contributed by atoms with van der Waals surface area (Å²) < 4.78 is 48.1. The Morgan fingerprint density at radius 3 is 2.23 bits per heavy atom. The van der Waals surface area contributed by atoms with Crippen molar-refractivity contribution in [1.29, 1.82) is 0 Å². The van der Waals surface area contributed by atoms with E-state index >= 15 is 0 Å². The van der Waals surface area contributed by atoms with E-state index in [0.717, 1.165) is 27.9 Å². The van der Waals surface area contributed by atoms with Crippen LogP contribution in [0.2, 0.25) is 0 Å². The van der Waals surface area contributed by atoms with Crippen molar-refractivity contribution in [2.75, 3.05) is 46.4 Å². The maximum atomic E-state index is 13.4. The highest BCUT2D eigenvalue weighted by atomic mass is 32.2. The van der Waals surface area contributed by atoms with Gasteiger partial charge in [-0.2, -0.15) is 0 Å². The van der Waals surface area contributed by atoms with Crippen molar-refractivity contribution in [3.63, 3.8) is 0 Å². The monoisotopic (exact) mass is 518 g/mol. The van der Waals surface area contributed by atoms with Crippen LogP contribution in [-0.2, 0) is 16.3 Å². The molecule has 1 aliphatic rings. The first-order valence-electron chi connectivity index (χ1n) is 11.3. The molecular formula is C25H30N2O6S2. The molecule has 0 amide bonds. The summed E-state index contributed by atoms with van der Waals surface area (Å²) in [6.07, 6.45) is 1.67. The zero-order valence-corrected chi connectivity index (χ0v) is 21.9. The number of benzene rings is 2. The van der Waals surface area contributed by atoms with Gasteiger partial charge in [0.2, 0.25) is 0 Å². The van der Waals surface area contributed by atoms with Crippen LogP contribution in [0, 0.1) is 0 Å². The summed E-state index contributed by atoms with van der Waals surface area (Å²) >= 11 is 1.57. The smallest absolute Gasteiger partial charge is 0.185 e. The van der Waals surface area contributed by atoms with E-state index in [0.29, 0.717) is 43.9 Å². The van der Waals surface area contributed by atoms with Crippen molar-refractivity contribution in [1.82, 2.24) is 4.98 Å². The average molecular weight is 519 g/mol. The molecule has 8 nitrogen and oxygen atoms in total. The van der Waals surface area contributed by atoms with Crippen LogP contribution < -0.4 is 23.8 Å². The topological polar surface area (TPSA) is 87.2 Å². The number of piperidine rings is 1. The number of rotatable bonds is 9.